The third-order valence-electron chi connectivity index (χ3n) is 3.78. The molecule has 1 aromatic heterocycles. The summed E-state index contributed by atoms with van der Waals surface area (Å²) in [5, 5.41) is 12.0. The molecule has 0 aliphatic heterocycles. The Morgan fingerprint density at radius 2 is 2.00 bits per heavy atom. The predicted octanol–water partition coefficient (Wildman–Crippen LogP) is 2.88. The van der Waals surface area contributed by atoms with E-state index in [9.17, 15) is 14.9 Å². The van der Waals surface area contributed by atoms with Crippen molar-refractivity contribution in [3.05, 3.63) is 28.6 Å². The Morgan fingerprint density at radius 1 is 1.36 bits per heavy atom. The maximum absolute atomic E-state index is 12.2. The first-order valence-electron chi connectivity index (χ1n) is 8.51. The largest absolute Gasteiger partial charge is 0.448 e. The van der Waals surface area contributed by atoms with Crippen LogP contribution in [0.3, 0.4) is 0 Å². The van der Waals surface area contributed by atoms with Crippen LogP contribution < -0.4 is 5.32 Å². The number of carbonyl (C=O) groups excluding carboxylic acids is 2. The summed E-state index contributed by atoms with van der Waals surface area (Å²) in [5.41, 5.74) is 2.74. The molecule has 0 fully saturated rings. The second kappa shape index (κ2) is 9.07. The van der Waals surface area contributed by atoms with Crippen LogP contribution in [0.2, 0.25) is 0 Å². The molecule has 1 atom stereocenters. The maximum Gasteiger partial charge on any atom is 0.349 e. The molecule has 1 unspecified atom stereocenters. The van der Waals surface area contributed by atoms with Gasteiger partial charge in [-0.1, -0.05) is 6.92 Å². The summed E-state index contributed by atoms with van der Waals surface area (Å²) in [6.07, 6.45) is 1.55. The zero-order valence-corrected chi connectivity index (χ0v) is 15.8. The lowest BCUT2D eigenvalue weighted by Gasteiger charge is -2.15. The number of aromatic nitrogens is 1. The molecule has 1 amide bonds. The lowest BCUT2D eigenvalue weighted by molar-refractivity contribution is -0.150. The molecule has 0 aliphatic rings. The Bertz CT molecular complexity index is 708. The van der Waals surface area contributed by atoms with Gasteiger partial charge in [-0.05, 0) is 58.7 Å². The van der Waals surface area contributed by atoms with Crippen LogP contribution in [0.25, 0.3) is 6.08 Å². The first-order valence-corrected chi connectivity index (χ1v) is 8.51. The molecule has 1 rings (SSSR count). The standard InChI is InChI=1S/C19H27N3O3/c1-7-8-22-13(4)9-16(14(22)5)10-17(11-20)19(24)25-15(6)18(23)21-12(2)3/h9-10,12,15H,7-8H2,1-6H3,(H,21,23)/b17-10+. The molecular formula is C19H27N3O3. The van der Waals surface area contributed by atoms with Gasteiger partial charge in [0.2, 0.25) is 0 Å². The van der Waals surface area contributed by atoms with Gasteiger partial charge in [0, 0.05) is 24.0 Å². The van der Waals surface area contributed by atoms with Gasteiger partial charge in [-0.15, -0.1) is 0 Å². The SMILES string of the molecule is CCCn1c(C)cc(/C=C(\C#N)C(=O)OC(C)C(=O)NC(C)C)c1C. The summed E-state index contributed by atoms with van der Waals surface area (Å²) >= 11 is 0. The number of nitrogens with zero attached hydrogens (tertiary/aromatic N) is 2. The molecule has 1 aromatic rings. The monoisotopic (exact) mass is 345 g/mol. The van der Waals surface area contributed by atoms with E-state index < -0.39 is 12.1 Å². The topological polar surface area (TPSA) is 84.1 Å². The van der Waals surface area contributed by atoms with Crippen molar-refractivity contribution in [1.29, 1.82) is 5.26 Å². The van der Waals surface area contributed by atoms with Gasteiger partial charge < -0.3 is 14.6 Å². The van der Waals surface area contributed by atoms with Gasteiger partial charge in [-0.3, -0.25) is 4.79 Å². The summed E-state index contributed by atoms with van der Waals surface area (Å²) in [7, 11) is 0. The van der Waals surface area contributed by atoms with Crippen molar-refractivity contribution in [2.24, 2.45) is 0 Å². The van der Waals surface area contributed by atoms with Crippen LogP contribution in [0.1, 0.15) is 51.1 Å². The summed E-state index contributed by atoms with van der Waals surface area (Å²) in [5.74, 6) is -1.18. The first kappa shape index (κ1) is 20.5. The Labute approximate surface area is 149 Å². The summed E-state index contributed by atoms with van der Waals surface area (Å²) in [6.45, 7) is 12.0. The van der Waals surface area contributed by atoms with Crippen molar-refractivity contribution >= 4 is 18.0 Å². The van der Waals surface area contributed by atoms with Crippen molar-refractivity contribution < 1.29 is 14.3 Å². The van der Waals surface area contributed by atoms with Gasteiger partial charge in [-0.25, -0.2) is 4.79 Å². The van der Waals surface area contributed by atoms with Gasteiger partial charge in [0.25, 0.3) is 5.91 Å². The highest BCUT2D eigenvalue weighted by molar-refractivity contribution is 5.99. The zero-order valence-electron chi connectivity index (χ0n) is 15.8. The molecular weight excluding hydrogens is 318 g/mol. The molecule has 1 heterocycles. The molecule has 25 heavy (non-hydrogen) atoms. The van der Waals surface area contributed by atoms with E-state index in [0.29, 0.717) is 0 Å². The van der Waals surface area contributed by atoms with Crippen molar-refractivity contribution in [3.8, 4) is 6.07 Å². The van der Waals surface area contributed by atoms with Crippen molar-refractivity contribution in [1.82, 2.24) is 9.88 Å². The second-order valence-electron chi connectivity index (χ2n) is 6.36. The summed E-state index contributed by atoms with van der Waals surface area (Å²) in [6, 6.07) is 3.75. The third-order valence-corrected chi connectivity index (χ3v) is 3.78. The van der Waals surface area contributed by atoms with Crippen LogP contribution in [0, 0.1) is 25.2 Å². The van der Waals surface area contributed by atoms with Crippen LogP contribution in [-0.2, 0) is 20.9 Å². The summed E-state index contributed by atoms with van der Waals surface area (Å²) in [4.78, 5) is 24.0. The molecule has 6 heteroatoms. The molecule has 0 aliphatic carbocycles. The minimum atomic E-state index is -0.959. The van der Waals surface area contributed by atoms with Crippen LogP contribution in [-0.4, -0.2) is 28.6 Å². The molecule has 136 valence electrons. The molecule has 1 N–H and O–H groups in total. The lowest BCUT2D eigenvalue weighted by Crippen LogP contribution is -2.39. The number of nitriles is 1. The number of aryl methyl sites for hydroxylation is 1. The molecule has 0 radical (unpaired) electrons. The normalized spacial score (nSPS) is 12.6. The quantitative estimate of drug-likeness (QED) is 0.468. The van der Waals surface area contributed by atoms with Gasteiger partial charge in [-0.2, -0.15) is 5.26 Å². The Hall–Kier alpha value is -2.55. The molecule has 6 nitrogen and oxygen atoms in total. The average Bonchev–Trinajstić information content (AvgIpc) is 2.79. The van der Waals surface area contributed by atoms with E-state index in [1.807, 2.05) is 39.8 Å². The number of esters is 1. The maximum atomic E-state index is 12.2. The average molecular weight is 345 g/mol. The number of nitrogens with one attached hydrogen (secondary N) is 1. The Morgan fingerprint density at radius 3 is 2.52 bits per heavy atom. The molecule has 0 spiro atoms. The number of hydrogen-bond donors (Lipinski definition) is 1. The minimum absolute atomic E-state index is 0.0522. The van der Waals surface area contributed by atoms with E-state index in [0.717, 1.165) is 29.9 Å². The molecule has 0 saturated carbocycles. The van der Waals surface area contributed by atoms with Gasteiger partial charge in [0.05, 0.1) is 0 Å². The van der Waals surface area contributed by atoms with E-state index in [1.54, 1.807) is 0 Å². The number of amides is 1. The van der Waals surface area contributed by atoms with Crippen LogP contribution in [0.4, 0.5) is 0 Å². The van der Waals surface area contributed by atoms with Crippen LogP contribution in [0.15, 0.2) is 11.6 Å². The number of hydrogen-bond acceptors (Lipinski definition) is 4. The number of ether oxygens (including phenoxy) is 1. The molecule has 0 bridgehead atoms. The predicted molar refractivity (Wildman–Crippen MR) is 96.6 cm³/mol. The fourth-order valence-electron chi connectivity index (χ4n) is 2.51. The summed E-state index contributed by atoms with van der Waals surface area (Å²) < 4.78 is 7.26. The van der Waals surface area contributed by atoms with Gasteiger partial charge in [0.15, 0.2) is 6.10 Å². The van der Waals surface area contributed by atoms with Gasteiger partial charge in [0.1, 0.15) is 11.6 Å². The number of rotatable bonds is 7. The fraction of sp³-hybridized carbons (Fsp3) is 0.526. The highest BCUT2D eigenvalue weighted by Crippen LogP contribution is 2.19. The molecule has 0 saturated heterocycles. The van der Waals surface area contributed by atoms with E-state index in [-0.39, 0.29) is 17.5 Å². The lowest BCUT2D eigenvalue weighted by atomic mass is 10.1. The minimum Gasteiger partial charge on any atom is -0.448 e. The highest BCUT2D eigenvalue weighted by Gasteiger charge is 2.21. The van der Waals surface area contributed by atoms with Crippen molar-refractivity contribution in [2.45, 2.75) is 66.7 Å². The van der Waals surface area contributed by atoms with Crippen molar-refractivity contribution in [3.63, 3.8) is 0 Å². The molecule has 0 aromatic carbocycles. The second-order valence-corrected chi connectivity index (χ2v) is 6.36. The fourth-order valence-corrected chi connectivity index (χ4v) is 2.51. The Balaban J connectivity index is 2.97. The van der Waals surface area contributed by atoms with Crippen LogP contribution in [0.5, 0.6) is 0 Å². The smallest absolute Gasteiger partial charge is 0.349 e. The van der Waals surface area contributed by atoms with E-state index in [4.69, 9.17) is 4.74 Å². The van der Waals surface area contributed by atoms with Crippen molar-refractivity contribution in [2.75, 3.05) is 0 Å². The van der Waals surface area contributed by atoms with E-state index in [2.05, 4.69) is 16.8 Å². The van der Waals surface area contributed by atoms with E-state index >= 15 is 0 Å². The van der Waals surface area contributed by atoms with Crippen LogP contribution >= 0.6 is 0 Å². The van der Waals surface area contributed by atoms with E-state index in [1.165, 1.54) is 13.0 Å². The Kier molecular flexibility index (Phi) is 7.43. The third kappa shape index (κ3) is 5.49. The van der Waals surface area contributed by atoms with Gasteiger partial charge >= 0.3 is 5.97 Å². The first-order chi connectivity index (χ1) is 11.7. The zero-order chi connectivity index (χ0) is 19.1. The highest BCUT2D eigenvalue weighted by atomic mass is 16.5. The number of carbonyl (C=O) groups is 2.